The second-order valence-electron chi connectivity index (χ2n) is 6.27. The molecule has 0 saturated heterocycles. The molecule has 156 valence electrons. The number of carbonyl (C=O) groups is 2. The Balaban J connectivity index is 1.96. The minimum absolute atomic E-state index is 0.0894. The minimum Gasteiger partial charge on any atom is -0.496 e. The van der Waals surface area contributed by atoms with Gasteiger partial charge < -0.3 is 20.3 Å². The van der Waals surface area contributed by atoms with Crippen molar-refractivity contribution in [3.05, 3.63) is 82.0 Å². The number of ether oxygens (including phenoxy) is 1. The summed E-state index contributed by atoms with van der Waals surface area (Å²) >= 11 is 0. The number of benzene rings is 2. The molecule has 3 aromatic rings. The SMILES string of the molecule is COc1ccccc1[C@@H](NC(=O)c1cc(=O)n(-c2ccccc2F)[nH]1)[C@@H](O)C(=O)O. The molecule has 1 amide bonds. The number of aromatic nitrogens is 2. The number of halogens is 1. The Labute approximate surface area is 169 Å². The van der Waals surface area contributed by atoms with E-state index in [1.165, 1.54) is 31.4 Å². The van der Waals surface area contributed by atoms with Crippen molar-refractivity contribution < 1.29 is 28.9 Å². The number of aliphatic hydroxyl groups excluding tert-OH is 1. The molecule has 9 nitrogen and oxygen atoms in total. The number of amides is 1. The summed E-state index contributed by atoms with van der Waals surface area (Å²) in [7, 11) is 1.36. The van der Waals surface area contributed by atoms with Crippen LogP contribution < -0.4 is 15.6 Å². The highest BCUT2D eigenvalue weighted by Crippen LogP contribution is 2.27. The van der Waals surface area contributed by atoms with Crippen molar-refractivity contribution in [3.8, 4) is 11.4 Å². The van der Waals surface area contributed by atoms with Crippen LogP contribution in [0.4, 0.5) is 4.39 Å². The predicted molar refractivity (Wildman–Crippen MR) is 103 cm³/mol. The monoisotopic (exact) mass is 415 g/mol. The van der Waals surface area contributed by atoms with E-state index in [9.17, 15) is 29.0 Å². The van der Waals surface area contributed by atoms with Gasteiger partial charge in [0, 0.05) is 11.6 Å². The van der Waals surface area contributed by atoms with Gasteiger partial charge in [0.2, 0.25) is 0 Å². The van der Waals surface area contributed by atoms with Crippen molar-refractivity contribution in [3.63, 3.8) is 0 Å². The summed E-state index contributed by atoms with van der Waals surface area (Å²) in [5.74, 6) is -2.87. The molecule has 1 aromatic heterocycles. The van der Waals surface area contributed by atoms with Crippen LogP contribution in [0.15, 0.2) is 59.4 Å². The molecule has 30 heavy (non-hydrogen) atoms. The van der Waals surface area contributed by atoms with E-state index in [-0.39, 0.29) is 22.7 Å². The summed E-state index contributed by atoms with van der Waals surface area (Å²) in [6.45, 7) is 0. The number of rotatable bonds is 7. The lowest BCUT2D eigenvalue weighted by molar-refractivity contribution is -0.148. The Morgan fingerprint density at radius 2 is 1.83 bits per heavy atom. The molecular formula is C20H18FN3O6. The van der Waals surface area contributed by atoms with E-state index in [4.69, 9.17) is 4.74 Å². The lowest BCUT2D eigenvalue weighted by atomic mass is 10.00. The molecule has 0 aliphatic carbocycles. The number of aromatic amines is 1. The van der Waals surface area contributed by atoms with Crippen LogP contribution in [0.2, 0.25) is 0 Å². The fourth-order valence-corrected chi connectivity index (χ4v) is 2.94. The molecule has 3 rings (SSSR count). The van der Waals surface area contributed by atoms with Crippen LogP contribution in [0, 0.1) is 5.82 Å². The molecule has 0 spiro atoms. The number of nitrogens with one attached hydrogen (secondary N) is 2. The van der Waals surface area contributed by atoms with Crippen molar-refractivity contribution in [2.75, 3.05) is 7.11 Å². The Hall–Kier alpha value is -3.92. The lowest BCUT2D eigenvalue weighted by Crippen LogP contribution is -2.40. The molecule has 0 bridgehead atoms. The number of hydrogen-bond donors (Lipinski definition) is 4. The van der Waals surface area contributed by atoms with Crippen molar-refractivity contribution in [2.45, 2.75) is 12.1 Å². The molecule has 2 atom stereocenters. The number of nitrogens with zero attached hydrogens (tertiary/aromatic N) is 1. The summed E-state index contributed by atoms with van der Waals surface area (Å²) in [4.78, 5) is 36.3. The number of para-hydroxylation sites is 2. The molecule has 0 saturated carbocycles. The largest absolute Gasteiger partial charge is 0.496 e. The zero-order chi connectivity index (χ0) is 21.8. The normalized spacial score (nSPS) is 12.8. The van der Waals surface area contributed by atoms with Gasteiger partial charge in [0.05, 0.1) is 13.2 Å². The Morgan fingerprint density at radius 3 is 2.50 bits per heavy atom. The number of aliphatic hydroxyl groups is 1. The van der Waals surface area contributed by atoms with Gasteiger partial charge in [-0.15, -0.1) is 0 Å². The fourth-order valence-electron chi connectivity index (χ4n) is 2.94. The zero-order valence-electron chi connectivity index (χ0n) is 15.7. The van der Waals surface area contributed by atoms with E-state index in [1.807, 2.05) is 0 Å². The topological polar surface area (TPSA) is 134 Å². The van der Waals surface area contributed by atoms with Crippen LogP contribution in [0.25, 0.3) is 5.69 Å². The van der Waals surface area contributed by atoms with Gasteiger partial charge in [0.1, 0.15) is 22.9 Å². The summed E-state index contributed by atoms with van der Waals surface area (Å²) in [5, 5.41) is 24.2. The standard InChI is InChI=1S/C20H18FN3O6/c1-30-15-9-5-2-6-11(15)17(18(26)20(28)29)22-19(27)13-10-16(25)24(23-13)14-8-4-3-7-12(14)21/h2-10,17-18,23,26H,1H3,(H,22,27)(H,28,29)/t17-,18-/m1/s1. The third-order valence-corrected chi connectivity index (χ3v) is 4.39. The Morgan fingerprint density at radius 1 is 1.17 bits per heavy atom. The van der Waals surface area contributed by atoms with Crippen molar-refractivity contribution >= 4 is 11.9 Å². The van der Waals surface area contributed by atoms with Crippen LogP contribution >= 0.6 is 0 Å². The highest BCUT2D eigenvalue weighted by atomic mass is 19.1. The molecular weight excluding hydrogens is 397 g/mol. The van der Waals surface area contributed by atoms with Gasteiger partial charge in [-0.1, -0.05) is 30.3 Å². The summed E-state index contributed by atoms with van der Waals surface area (Å²) in [6.07, 6.45) is -1.99. The highest BCUT2D eigenvalue weighted by Gasteiger charge is 2.31. The van der Waals surface area contributed by atoms with Crippen LogP contribution in [0.1, 0.15) is 22.1 Å². The smallest absolute Gasteiger partial charge is 0.335 e. The zero-order valence-corrected chi connectivity index (χ0v) is 15.7. The van der Waals surface area contributed by atoms with Crippen molar-refractivity contribution in [2.24, 2.45) is 0 Å². The van der Waals surface area contributed by atoms with Gasteiger partial charge in [-0.3, -0.25) is 14.7 Å². The van der Waals surface area contributed by atoms with E-state index in [1.54, 1.807) is 18.2 Å². The first-order valence-electron chi connectivity index (χ1n) is 8.75. The molecule has 4 N–H and O–H groups in total. The Bertz CT molecular complexity index is 1140. The number of methoxy groups -OCH3 is 1. The van der Waals surface area contributed by atoms with Crippen molar-refractivity contribution in [1.29, 1.82) is 0 Å². The third kappa shape index (κ3) is 4.08. The number of hydrogen-bond acceptors (Lipinski definition) is 5. The first-order chi connectivity index (χ1) is 14.3. The maximum Gasteiger partial charge on any atom is 0.335 e. The number of carbonyl (C=O) groups excluding carboxylic acids is 1. The average Bonchev–Trinajstić information content (AvgIpc) is 3.13. The van der Waals surface area contributed by atoms with Crippen LogP contribution in [-0.2, 0) is 4.79 Å². The first kappa shape index (κ1) is 20.8. The quantitative estimate of drug-likeness (QED) is 0.459. The molecule has 1 heterocycles. The lowest BCUT2D eigenvalue weighted by Gasteiger charge is -2.23. The van der Waals surface area contributed by atoms with Gasteiger partial charge in [0.25, 0.3) is 11.5 Å². The van der Waals surface area contributed by atoms with Crippen molar-refractivity contribution in [1.82, 2.24) is 15.1 Å². The number of carboxylic acid groups (broad SMARTS) is 1. The van der Waals surface area contributed by atoms with Gasteiger partial charge in [0.15, 0.2) is 6.10 Å². The Kier molecular flexibility index (Phi) is 5.98. The second-order valence-corrected chi connectivity index (χ2v) is 6.27. The average molecular weight is 415 g/mol. The highest BCUT2D eigenvalue weighted by molar-refractivity contribution is 5.93. The maximum absolute atomic E-state index is 14.0. The van der Waals surface area contributed by atoms with Crippen LogP contribution in [0.3, 0.4) is 0 Å². The van der Waals surface area contributed by atoms with Gasteiger partial charge in [-0.25, -0.2) is 13.9 Å². The predicted octanol–water partition coefficient (Wildman–Crippen LogP) is 1.23. The fraction of sp³-hybridized carbons (Fsp3) is 0.150. The molecule has 0 aliphatic rings. The second kappa shape index (κ2) is 8.62. The van der Waals surface area contributed by atoms with Gasteiger partial charge in [-0.2, -0.15) is 0 Å². The molecule has 0 unspecified atom stereocenters. The number of carboxylic acids is 1. The maximum atomic E-state index is 14.0. The first-order valence-corrected chi connectivity index (χ1v) is 8.75. The number of H-pyrrole nitrogens is 1. The summed E-state index contributed by atoms with van der Waals surface area (Å²) < 4.78 is 20.0. The van der Waals surface area contributed by atoms with E-state index < -0.39 is 35.4 Å². The van der Waals surface area contributed by atoms with E-state index in [2.05, 4.69) is 10.4 Å². The molecule has 10 heteroatoms. The molecule has 0 aliphatic heterocycles. The van der Waals surface area contributed by atoms with Gasteiger partial charge in [-0.05, 0) is 18.2 Å². The molecule has 2 aromatic carbocycles. The van der Waals surface area contributed by atoms with E-state index in [0.717, 1.165) is 16.8 Å². The summed E-state index contributed by atoms with van der Waals surface area (Å²) in [6, 6.07) is 11.3. The molecule has 0 fully saturated rings. The third-order valence-electron chi connectivity index (χ3n) is 4.39. The number of aliphatic carboxylic acids is 1. The minimum atomic E-state index is -1.99. The van der Waals surface area contributed by atoms with Crippen LogP contribution in [-0.4, -0.2) is 45.1 Å². The summed E-state index contributed by atoms with van der Waals surface area (Å²) in [5.41, 5.74) is -0.814. The van der Waals surface area contributed by atoms with E-state index in [0.29, 0.717) is 0 Å². The van der Waals surface area contributed by atoms with E-state index >= 15 is 0 Å². The molecule has 0 radical (unpaired) electrons. The van der Waals surface area contributed by atoms with Crippen LogP contribution in [0.5, 0.6) is 5.75 Å². The van der Waals surface area contributed by atoms with Gasteiger partial charge >= 0.3 is 5.97 Å².